The second-order valence-corrected chi connectivity index (χ2v) is 13.4. The van der Waals surface area contributed by atoms with Crippen molar-refractivity contribution in [2.45, 2.75) is 6.17 Å². The van der Waals surface area contributed by atoms with Gasteiger partial charge in [-0.2, -0.15) is 0 Å². The molecule has 0 amide bonds. The van der Waals surface area contributed by atoms with Crippen LogP contribution in [-0.2, 0) is 0 Å². The van der Waals surface area contributed by atoms with Gasteiger partial charge in [-0.25, -0.2) is 9.98 Å². The van der Waals surface area contributed by atoms with Crippen molar-refractivity contribution in [3.05, 3.63) is 205 Å². The molecule has 1 atom stereocenters. The Morgan fingerprint density at radius 3 is 1.77 bits per heavy atom. The largest absolute Gasteiger partial charge is 0.456 e. The quantitative estimate of drug-likeness (QED) is 0.190. The van der Waals surface area contributed by atoms with Crippen LogP contribution in [0.25, 0.3) is 66.1 Å². The number of furan rings is 1. The summed E-state index contributed by atoms with van der Waals surface area (Å²) in [5, 5.41) is 8.20. The third-order valence-corrected chi connectivity index (χ3v) is 10.1. The number of benzene rings is 8. The van der Waals surface area contributed by atoms with Crippen molar-refractivity contribution < 1.29 is 4.42 Å². The van der Waals surface area contributed by atoms with E-state index in [0.29, 0.717) is 0 Å². The minimum absolute atomic E-state index is 0.453. The lowest BCUT2D eigenvalue weighted by atomic mass is 9.99. The van der Waals surface area contributed by atoms with Gasteiger partial charge in [0, 0.05) is 21.9 Å². The van der Waals surface area contributed by atoms with Crippen molar-refractivity contribution >= 4 is 44.4 Å². The first kappa shape index (κ1) is 30.8. The molecule has 1 aliphatic rings. The molecular weight excluding hydrogens is 647 g/mol. The molecule has 4 nitrogen and oxygen atoms in total. The molecule has 250 valence electrons. The van der Waals surface area contributed by atoms with Gasteiger partial charge >= 0.3 is 0 Å². The predicted octanol–water partition coefficient (Wildman–Crippen LogP) is 12.2. The highest BCUT2D eigenvalue weighted by molar-refractivity contribution is 6.23. The maximum atomic E-state index is 6.50. The highest BCUT2D eigenvalue weighted by Gasteiger charge is 2.24. The summed E-state index contributed by atoms with van der Waals surface area (Å²) in [6, 6.07) is 65.8. The number of nitrogens with zero attached hydrogens (tertiary/aromatic N) is 2. The molecule has 0 radical (unpaired) electrons. The van der Waals surface area contributed by atoms with E-state index in [-0.39, 0.29) is 0 Å². The van der Waals surface area contributed by atoms with Gasteiger partial charge < -0.3 is 9.73 Å². The van der Waals surface area contributed by atoms with E-state index in [1.165, 1.54) is 16.3 Å². The minimum Gasteiger partial charge on any atom is -0.456 e. The van der Waals surface area contributed by atoms with Gasteiger partial charge in [0.15, 0.2) is 6.17 Å². The maximum Gasteiger partial charge on any atom is 0.169 e. The summed E-state index contributed by atoms with van der Waals surface area (Å²) in [6.07, 6.45) is -0.453. The van der Waals surface area contributed by atoms with Crippen LogP contribution < -0.4 is 5.32 Å². The Labute approximate surface area is 307 Å². The third-order valence-electron chi connectivity index (χ3n) is 10.1. The lowest BCUT2D eigenvalue weighted by Gasteiger charge is -2.23. The maximum absolute atomic E-state index is 6.50. The molecule has 4 heteroatoms. The van der Waals surface area contributed by atoms with E-state index in [2.05, 4.69) is 169 Å². The van der Waals surface area contributed by atoms with Crippen LogP contribution >= 0.6 is 0 Å². The second kappa shape index (κ2) is 12.9. The second-order valence-electron chi connectivity index (χ2n) is 13.4. The standard InChI is InChI=1S/C49H33N3O/c1-3-11-32(12-4-1)38-17-9-18-41(30-38)48-50-47(36-24-21-35(22-25-36)39-26-23-34-15-7-8-16-37(34)29-39)51-49(52-48)43-19-10-20-44-46(43)42-28-27-40(31-45(42)53-44)33-13-5-2-6-14-33/h1-31,47H,(H,50,51,52). The van der Waals surface area contributed by atoms with Crippen molar-refractivity contribution in [1.29, 1.82) is 0 Å². The van der Waals surface area contributed by atoms with Crippen molar-refractivity contribution in [1.82, 2.24) is 5.32 Å². The zero-order chi connectivity index (χ0) is 35.1. The van der Waals surface area contributed by atoms with E-state index in [9.17, 15) is 0 Å². The number of hydrogen-bond acceptors (Lipinski definition) is 4. The zero-order valence-corrected chi connectivity index (χ0v) is 28.8. The summed E-state index contributed by atoms with van der Waals surface area (Å²) < 4.78 is 6.50. The Morgan fingerprint density at radius 1 is 0.396 bits per heavy atom. The van der Waals surface area contributed by atoms with E-state index in [0.717, 1.165) is 78.1 Å². The van der Waals surface area contributed by atoms with Crippen LogP contribution in [0.4, 0.5) is 0 Å². The molecule has 0 saturated heterocycles. The Hall–Kier alpha value is -7.04. The van der Waals surface area contributed by atoms with Crippen molar-refractivity contribution in [2.75, 3.05) is 0 Å². The Kier molecular flexibility index (Phi) is 7.51. The molecule has 0 bridgehead atoms. The summed E-state index contributed by atoms with van der Waals surface area (Å²) in [5.41, 5.74) is 11.5. The van der Waals surface area contributed by atoms with E-state index in [4.69, 9.17) is 14.4 Å². The minimum atomic E-state index is -0.453. The lowest BCUT2D eigenvalue weighted by Crippen LogP contribution is -2.36. The summed E-state index contributed by atoms with van der Waals surface area (Å²) >= 11 is 0. The number of amidine groups is 2. The van der Waals surface area contributed by atoms with Crippen LogP contribution in [0.3, 0.4) is 0 Å². The molecule has 1 aromatic heterocycles. The molecule has 1 N–H and O–H groups in total. The Morgan fingerprint density at radius 2 is 0.981 bits per heavy atom. The average molecular weight is 680 g/mol. The molecule has 0 spiro atoms. The van der Waals surface area contributed by atoms with Gasteiger partial charge in [0.1, 0.15) is 22.8 Å². The van der Waals surface area contributed by atoms with Crippen LogP contribution in [0.1, 0.15) is 22.9 Å². The predicted molar refractivity (Wildman–Crippen MR) is 219 cm³/mol. The number of aliphatic imine (C=N–C) groups is 2. The molecule has 0 fully saturated rings. The van der Waals surface area contributed by atoms with Gasteiger partial charge in [-0.15, -0.1) is 0 Å². The smallest absolute Gasteiger partial charge is 0.169 e. The fourth-order valence-corrected chi connectivity index (χ4v) is 7.41. The molecule has 9 aromatic rings. The normalized spacial score (nSPS) is 14.2. The summed E-state index contributed by atoms with van der Waals surface area (Å²) in [7, 11) is 0. The molecule has 8 aromatic carbocycles. The first-order valence-corrected chi connectivity index (χ1v) is 17.9. The van der Waals surface area contributed by atoms with E-state index in [1.807, 2.05) is 24.3 Å². The first-order chi connectivity index (χ1) is 26.2. The Bertz CT molecular complexity index is 2850. The molecule has 0 saturated carbocycles. The highest BCUT2D eigenvalue weighted by atomic mass is 16.3. The Balaban J connectivity index is 1.08. The first-order valence-electron chi connectivity index (χ1n) is 17.9. The third kappa shape index (κ3) is 5.77. The van der Waals surface area contributed by atoms with E-state index >= 15 is 0 Å². The highest BCUT2D eigenvalue weighted by Crippen LogP contribution is 2.36. The van der Waals surface area contributed by atoms with Crippen molar-refractivity contribution in [3.8, 4) is 33.4 Å². The van der Waals surface area contributed by atoms with Crippen LogP contribution in [0.15, 0.2) is 202 Å². The fraction of sp³-hybridized carbons (Fsp3) is 0.0204. The van der Waals surface area contributed by atoms with Gasteiger partial charge in [-0.05, 0) is 80.0 Å². The molecule has 53 heavy (non-hydrogen) atoms. The monoisotopic (exact) mass is 679 g/mol. The van der Waals surface area contributed by atoms with Gasteiger partial charge in [0.25, 0.3) is 0 Å². The van der Waals surface area contributed by atoms with Crippen molar-refractivity contribution in [2.24, 2.45) is 9.98 Å². The zero-order valence-electron chi connectivity index (χ0n) is 28.8. The number of hydrogen-bond donors (Lipinski definition) is 1. The molecular formula is C49H33N3O. The van der Waals surface area contributed by atoms with Crippen LogP contribution in [-0.4, -0.2) is 11.7 Å². The van der Waals surface area contributed by atoms with Gasteiger partial charge in [0.2, 0.25) is 0 Å². The van der Waals surface area contributed by atoms with Crippen LogP contribution in [0.2, 0.25) is 0 Å². The summed E-state index contributed by atoms with van der Waals surface area (Å²) in [5.74, 6) is 1.52. The fourth-order valence-electron chi connectivity index (χ4n) is 7.41. The topological polar surface area (TPSA) is 49.9 Å². The number of fused-ring (bicyclic) bond motifs is 4. The summed E-state index contributed by atoms with van der Waals surface area (Å²) in [6.45, 7) is 0. The van der Waals surface area contributed by atoms with Crippen LogP contribution in [0, 0.1) is 0 Å². The average Bonchev–Trinajstić information content (AvgIpc) is 3.62. The molecule has 10 rings (SSSR count). The number of nitrogens with one attached hydrogen (secondary N) is 1. The summed E-state index contributed by atoms with van der Waals surface area (Å²) in [4.78, 5) is 10.5. The molecule has 0 aliphatic carbocycles. The van der Waals surface area contributed by atoms with E-state index < -0.39 is 6.17 Å². The van der Waals surface area contributed by atoms with Gasteiger partial charge in [0.05, 0.1) is 0 Å². The van der Waals surface area contributed by atoms with Gasteiger partial charge in [-0.1, -0.05) is 158 Å². The van der Waals surface area contributed by atoms with Crippen LogP contribution in [0.5, 0.6) is 0 Å². The SMILES string of the molecule is c1ccc(-c2cccc(C3=NC(c4ccc(-c5ccc6ccccc6c5)cc4)N=C(c4cccc5oc6cc(-c7ccccc7)ccc6c45)N3)c2)cc1. The lowest BCUT2D eigenvalue weighted by molar-refractivity contribution is 0.669. The van der Waals surface area contributed by atoms with Gasteiger partial charge in [-0.3, -0.25) is 0 Å². The van der Waals surface area contributed by atoms with Crippen molar-refractivity contribution in [3.63, 3.8) is 0 Å². The molecule has 1 aliphatic heterocycles. The van der Waals surface area contributed by atoms with E-state index in [1.54, 1.807) is 0 Å². The molecule has 1 unspecified atom stereocenters. The number of rotatable bonds is 6. The molecule has 2 heterocycles.